The summed E-state index contributed by atoms with van der Waals surface area (Å²) < 4.78 is 35.2. The van der Waals surface area contributed by atoms with Crippen LogP contribution in [0.5, 0.6) is 5.75 Å². The van der Waals surface area contributed by atoms with E-state index in [2.05, 4.69) is 9.82 Å². The summed E-state index contributed by atoms with van der Waals surface area (Å²) in [6, 6.07) is 6.34. The fraction of sp³-hybridized carbons (Fsp3) is 0.474. The van der Waals surface area contributed by atoms with Crippen molar-refractivity contribution >= 4 is 15.9 Å². The number of nitrogens with zero attached hydrogens (tertiary/aromatic N) is 3. The van der Waals surface area contributed by atoms with Gasteiger partial charge in [-0.2, -0.15) is 5.10 Å². The van der Waals surface area contributed by atoms with Gasteiger partial charge in [-0.15, -0.1) is 0 Å². The first-order valence-corrected chi connectivity index (χ1v) is 10.8. The maximum absolute atomic E-state index is 12.9. The lowest BCUT2D eigenvalue weighted by Gasteiger charge is -2.27. The average Bonchev–Trinajstić information content (AvgIpc) is 3.03. The van der Waals surface area contributed by atoms with E-state index in [0.717, 1.165) is 25.0 Å². The van der Waals surface area contributed by atoms with Crippen molar-refractivity contribution < 1.29 is 17.9 Å². The number of amides is 1. The molecule has 9 heteroatoms. The third-order valence-corrected chi connectivity index (χ3v) is 6.37. The van der Waals surface area contributed by atoms with Crippen molar-refractivity contribution in [2.24, 2.45) is 7.05 Å². The van der Waals surface area contributed by atoms with Gasteiger partial charge >= 0.3 is 0 Å². The first-order chi connectivity index (χ1) is 13.3. The van der Waals surface area contributed by atoms with Gasteiger partial charge in [-0.3, -0.25) is 9.48 Å². The predicted molar refractivity (Wildman–Crippen MR) is 105 cm³/mol. The zero-order valence-electron chi connectivity index (χ0n) is 16.4. The number of aromatic nitrogens is 2. The van der Waals surface area contributed by atoms with Crippen molar-refractivity contribution in [2.75, 3.05) is 20.2 Å². The Bertz CT molecular complexity index is 943. The SMILES string of the molecule is COc1ccc(C(=O)N2CCCCC2)cc1S(=O)(=O)NCc1cc(C)n(C)n1. The molecule has 152 valence electrons. The highest BCUT2D eigenvalue weighted by Crippen LogP contribution is 2.26. The van der Waals surface area contributed by atoms with E-state index in [1.54, 1.807) is 22.7 Å². The fourth-order valence-electron chi connectivity index (χ4n) is 3.27. The molecule has 1 aliphatic rings. The van der Waals surface area contributed by atoms with Crippen LogP contribution in [0.4, 0.5) is 0 Å². The highest BCUT2D eigenvalue weighted by molar-refractivity contribution is 7.89. The number of carbonyl (C=O) groups excluding carboxylic acids is 1. The van der Waals surface area contributed by atoms with Crippen LogP contribution in [0.25, 0.3) is 0 Å². The standard InChI is InChI=1S/C19H26N4O4S/c1-14-11-16(21-22(14)2)13-20-28(25,26)18-12-15(7-8-17(18)27-3)19(24)23-9-5-4-6-10-23/h7-8,11-12,20H,4-6,9-10,13H2,1-3H3. The number of hydrogen-bond acceptors (Lipinski definition) is 5. The number of ether oxygens (including phenoxy) is 1. The number of sulfonamides is 1. The maximum atomic E-state index is 12.9. The van der Waals surface area contributed by atoms with Gasteiger partial charge in [0.15, 0.2) is 0 Å². The Morgan fingerprint density at radius 1 is 1.21 bits per heavy atom. The number of benzene rings is 1. The molecule has 0 spiro atoms. The van der Waals surface area contributed by atoms with Gasteiger partial charge in [0, 0.05) is 31.4 Å². The van der Waals surface area contributed by atoms with Crippen LogP contribution >= 0.6 is 0 Å². The molecule has 3 rings (SSSR count). The molecule has 2 aromatic rings. The molecule has 1 amide bonds. The second kappa shape index (κ2) is 8.32. The molecular formula is C19H26N4O4S. The average molecular weight is 407 g/mol. The summed E-state index contributed by atoms with van der Waals surface area (Å²) >= 11 is 0. The third-order valence-electron chi connectivity index (χ3n) is 4.95. The van der Waals surface area contributed by atoms with E-state index >= 15 is 0 Å². The zero-order chi connectivity index (χ0) is 20.3. The van der Waals surface area contributed by atoms with Gasteiger partial charge in [-0.05, 0) is 50.5 Å². The predicted octanol–water partition coefficient (Wildman–Crippen LogP) is 1.84. The van der Waals surface area contributed by atoms with Gasteiger partial charge in [-0.25, -0.2) is 13.1 Å². The van der Waals surface area contributed by atoms with Crippen LogP contribution in [-0.2, 0) is 23.6 Å². The molecule has 0 bridgehead atoms. The first-order valence-electron chi connectivity index (χ1n) is 9.28. The summed E-state index contributed by atoms with van der Waals surface area (Å²) in [5, 5.41) is 4.25. The summed E-state index contributed by atoms with van der Waals surface area (Å²) in [6.07, 6.45) is 3.05. The number of piperidine rings is 1. The first kappa shape index (κ1) is 20.3. The van der Waals surface area contributed by atoms with Crippen molar-refractivity contribution in [3.05, 3.63) is 41.2 Å². The molecule has 1 fully saturated rings. The van der Waals surface area contributed by atoms with E-state index in [0.29, 0.717) is 24.3 Å². The summed E-state index contributed by atoms with van der Waals surface area (Å²) in [4.78, 5) is 14.5. The number of hydrogen-bond donors (Lipinski definition) is 1. The summed E-state index contributed by atoms with van der Waals surface area (Å²) in [6.45, 7) is 3.34. The van der Waals surface area contributed by atoms with Crippen molar-refractivity contribution in [1.29, 1.82) is 0 Å². The Hall–Kier alpha value is -2.39. The number of likely N-dealkylation sites (tertiary alicyclic amines) is 1. The zero-order valence-corrected chi connectivity index (χ0v) is 17.3. The largest absolute Gasteiger partial charge is 0.495 e. The summed E-state index contributed by atoms with van der Waals surface area (Å²) in [5.41, 5.74) is 1.89. The van der Waals surface area contributed by atoms with E-state index in [9.17, 15) is 13.2 Å². The van der Waals surface area contributed by atoms with Crippen LogP contribution in [-0.4, -0.2) is 49.2 Å². The second-order valence-corrected chi connectivity index (χ2v) is 8.68. The number of aryl methyl sites for hydroxylation is 2. The van der Waals surface area contributed by atoms with Crippen molar-refractivity contribution in [2.45, 2.75) is 37.6 Å². The smallest absolute Gasteiger partial charge is 0.253 e. The van der Waals surface area contributed by atoms with Crippen molar-refractivity contribution in [3.63, 3.8) is 0 Å². The molecule has 0 unspecified atom stereocenters. The Balaban J connectivity index is 1.84. The summed E-state index contributed by atoms with van der Waals surface area (Å²) in [5.74, 6) is 0.0408. The Labute approximate surface area is 165 Å². The van der Waals surface area contributed by atoms with Gasteiger partial charge in [-0.1, -0.05) is 0 Å². The van der Waals surface area contributed by atoms with Crippen molar-refractivity contribution in [3.8, 4) is 5.75 Å². The topological polar surface area (TPSA) is 93.5 Å². The number of nitrogens with one attached hydrogen (secondary N) is 1. The normalized spacial score (nSPS) is 14.9. The molecule has 0 atom stereocenters. The second-order valence-electron chi connectivity index (χ2n) is 6.94. The van der Waals surface area contributed by atoms with Gasteiger partial charge in [0.25, 0.3) is 5.91 Å². The lowest BCUT2D eigenvalue weighted by Crippen LogP contribution is -2.35. The van der Waals surface area contributed by atoms with Crippen LogP contribution in [0.3, 0.4) is 0 Å². The van der Waals surface area contributed by atoms with Crippen LogP contribution in [0.15, 0.2) is 29.2 Å². The van der Waals surface area contributed by atoms with Crippen LogP contribution < -0.4 is 9.46 Å². The fourth-order valence-corrected chi connectivity index (χ4v) is 4.46. The van der Waals surface area contributed by atoms with E-state index in [4.69, 9.17) is 4.74 Å². The quantitative estimate of drug-likeness (QED) is 0.790. The molecule has 2 heterocycles. The highest BCUT2D eigenvalue weighted by atomic mass is 32.2. The molecule has 0 aliphatic carbocycles. The van der Waals surface area contributed by atoms with Crippen molar-refractivity contribution in [1.82, 2.24) is 19.4 Å². The molecule has 1 aliphatic heterocycles. The van der Waals surface area contributed by atoms with E-state index in [1.807, 2.05) is 13.0 Å². The number of carbonyl (C=O) groups is 1. The Morgan fingerprint density at radius 2 is 1.93 bits per heavy atom. The Morgan fingerprint density at radius 3 is 2.54 bits per heavy atom. The van der Waals surface area contributed by atoms with Gasteiger partial charge in [0.2, 0.25) is 10.0 Å². The van der Waals surface area contributed by atoms with Gasteiger partial charge in [0.1, 0.15) is 10.6 Å². The van der Waals surface area contributed by atoms with E-state index in [1.165, 1.54) is 19.2 Å². The van der Waals surface area contributed by atoms with Gasteiger partial charge < -0.3 is 9.64 Å². The van der Waals surface area contributed by atoms with E-state index < -0.39 is 10.0 Å². The van der Waals surface area contributed by atoms with Gasteiger partial charge in [0.05, 0.1) is 19.3 Å². The minimum absolute atomic E-state index is 0.0505. The minimum atomic E-state index is -3.89. The molecule has 8 nitrogen and oxygen atoms in total. The molecule has 1 saturated heterocycles. The molecule has 1 aromatic carbocycles. The van der Waals surface area contributed by atoms with Crippen LogP contribution in [0.2, 0.25) is 0 Å². The van der Waals surface area contributed by atoms with Crippen LogP contribution in [0, 0.1) is 6.92 Å². The molecular weight excluding hydrogens is 380 g/mol. The molecule has 28 heavy (non-hydrogen) atoms. The monoisotopic (exact) mass is 406 g/mol. The summed E-state index contributed by atoms with van der Waals surface area (Å²) in [7, 11) is -0.684. The third kappa shape index (κ3) is 4.36. The lowest BCUT2D eigenvalue weighted by molar-refractivity contribution is 0.0724. The van der Waals surface area contributed by atoms with E-state index in [-0.39, 0.29) is 23.1 Å². The molecule has 0 saturated carbocycles. The number of methoxy groups -OCH3 is 1. The Kier molecular flexibility index (Phi) is 6.04. The lowest BCUT2D eigenvalue weighted by atomic mass is 10.1. The number of rotatable bonds is 6. The maximum Gasteiger partial charge on any atom is 0.253 e. The minimum Gasteiger partial charge on any atom is -0.495 e. The molecule has 0 radical (unpaired) electrons. The molecule has 1 aromatic heterocycles. The van der Waals surface area contributed by atoms with Crippen LogP contribution in [0.1, 0.15) is 41.0 Å². The molecule has 1 N–H and O–H groups in total. The highest BCUT2D eigenvalue weighted by Gasteiger charge is 2.24.